The van der Waals surface area contributed by atoms with Crippen molar-refractivity contribution in [3.05, 3.63) is 58.9 Å². The maximum Gasteiger partial charge on any atom is 0.121 e. The Hall–Kier alpha value is -1.91. The number of ether oxygens (including phenoxy) is 1. The number of phenols is 1. The summed E-state index contributed by atoms with van der Waals surface area (Å²) in [6, 6.07) is 10.1. The Morgan fingerprint density at radius 3 is 2.48 bits per heavy atom. The zero-order valence-electron chi connectivity index (χ0n) is 14.2. The highest BCUT2D eigenvalue weighted by atomic mass is 16.5. The van der Waals surface area contributed by atoms with E-state index in [1.54, 1.807) is 7.11 Å². The molecule has 0 unspecified atom stereocenters. The molecule has 1 heterocycles. The van der Waals surface area contributed by atoms with Gasteiger partial charge in [0.05, 0.1) is 5.69 Å². The minimum absolute atomic E-state index is 0.393. The third kappa shape index (κ3) is 5.34. The van der Waals surface area contributed by atoms with Crippen molar-refractivity contribution in [1.29, 1.82) is 0 Å². The van der Waals surface area contributed by atoms with Crippen LogP contribution in [0, 0.1) is 13.8 Å². The van der Waals surface area contributed by atoms with Gasteiger partial charge in [-0.2, -0.15) is 0 Å². The molecule has 0 spiro atoms. The van der Waals surface area contributed by atoms with Crippen LogP contribution in [0.2, 0.25) is 0 Å². The van der Waals surface area contributed by atoms with Crippen LogP contribution in [0.25, 0.3) is 0 Å². The van der Waals surface area contributed by atoms with Gasteiger partial charge in [0.25, 0.3) is 0 Å². The molecular weight excluding hydrogens is 288 g/mol. The number of nitrogens with zero attached hydrogens (tertiary/aromatic N) is 2. The van der Waals surface area contributed by atoms with E-state index < -0.39 is 0 Å². The minimum atomic E-state index is 0.393. The van der Waals surface area contributed by atoms with E-state index in [0.717, 1.165) is 49.5 Å². The Morgan fingerprint density at radius 1 is 1.13 bits per heavy atom. The summed E-state index contributed by atoms with van der Waals surface area (Å²) in [7, 11) is 1.73. The summed E-state index contributed by atoms with van der Waals surface area (Å²) < 4.78 is 5.17. The fraction of sp³-hybridized carbons (Fsp3) is 0.421. The number of pyridine rings is 1. The van der Waals surface area contributed by atoms with Crippen LogP contribution in [0.5, 0.6) is 5.75 Å². The normalized spacial score (nSPS) is 11.1. The fourth-order valence-electron chi connectivity index (χ4n) is 2.76. The van der Waals surface area contributed by atoms with E-state index >= 15 is 0 Å². The second kappa shape index (κ2) is 8.65. The predicted molar refractivity (Wildman–Crippen MR) is 92.4 cm³/mol. The summed E-state index contributed by atoms with van der Waals surface area (Å²) in [4.78, 5) is 6.79. The van der Waals surface area contributed by atoms with Gasteiger partial charge in [-0.25, -0.2) is 0 Å². The number of phenolic OH excluding ortho intramolecular Hbond substituents is 1. The molecule has 0 aliphatic rings. The first-order valence-corrected chi connectivity index (χ1v) is 8.00. The van der Waals surface area contributed by atoms with Crippen LogP contribution in [-0.2, 0) is 17.8 Å². The van der Waals surface area contributed by atoms with E-state index in [2.05, 4.69) is 28.1 Å². The van der Waals surface area contributed by atoms with Crippen molar-refractivity contribution >= 4 is 0 Å². The molecule has 0 saturated carbocycles. The number of benzene rings is 1. The average Bonchev–Trinajstić information content (AvgIpc) is 2.53. The summed E-state index contributed by atoms with van der Waals surface area (Å²) in [5.74, 6) is 0.393. The highest BCUT2D eigenvalue weighted by Crippen LogP contribution is 2.24. The van der Waals surface area contributed by atoms with E-state index in [-0.39, 0.29) is 0 Å². The third-order valence-electron chi connectivity index (χ3n) is 3.89. The molecule has 1 N–H and O–H groups in total. The van der Waals surface area contributed by atoms with E-state index in [1.165, 1.54) is 5.56 Å². The number of hydrogen-bond acceptors (Lipinski definition) is 4. The molecule has 2 rings (SSSR count). The van der Waals surface area contributed by atoms with Crippen LogP contribution in [0.4, 0.5) is 0 Å². The number of methoxy groups -OCH3 is 1. The van der Waals surface area contributed by atoms with Crippen LogP contribution >= 0.6 is 0 Å². The Kier molecular flexibility index (Phi) is 6.56. The summed E-state index contributed by atoms with van der Waals surface area (Å²) >= 11 is 0. The molecule has 0 bridgehead atoms. The van der Waals surface area contributed by atoms with E-state index in [1.807, 2.05) is 32.2 Å². The number of aryl methyl sites for hydroxylation is 2. The Labute approximate surface area is 138 Å². The van der Waals surface area contributed by atoms with Crippen LogP contribution in [0.1, 0.15) is 28.8 Å². The van der Waals surface area contributed by atoms with Crippen LogP contribution in [0.15, 0.2) is 36.5 Å². The quantitative estimate of drug-likeness (QED) is 0.758. The molecule has 0 saturated heterocycles. The van der Waals surface area contributed by atoms with Crippen molar-refractivity contribution in [2.24, 2.45) is 0 Å². The van der Waals surface area contributed by atoms with E-state index in [4.69, 9.17) is 4.74 Å². The van der Waals surface area contributed by atoms with Gasteiger partial charge in [-0.15, -0.1) is 0 Å². The second-order valence-corrected chi connectivity index (χ2v) is 5.96. The van der Waals surface area contributed by atoms with Gasteiger partial charge in [0.15, 0.2) is 0 Å². The molecular formula is C19H26N2O2. The zero-order valence-corrected chi connectivity index (χ0v) is 14.2. The molecule has 23 heavy (non-hydrogen) atoms. The van der Waals surface area contributed by atoms with Gasteiger partial charge in [0.2, 0.25) is 0 Å². The number of aromatic hydroxyl groups is 1. The van der Waals surface area contributed by atoms with E-state index in [0.29, 0.717) is 5.75 Å². The molecule has 0 radical (unpaired) electrons. The second-order valence-electron chi connectivity index (χ2n) is 5.96. The highest BCUT2D eigenvalue weighted by Gasteiger charge is 2.10. The molecule has 4 nitrogen and oxygen atoms in total. The largest absolute Gasteiger partial charge is 0.507 e. The SMILES string of the molecule is COCCCN(Cc1cc(C)c(O)c(C)c1)Cc1ccccn1. The van der Waals surface area contributed by atoms with Crippen molar-refractivity contribution in [1.82, 2.24) is 9.88 Å². The summed E-state index contributed by atoms with van der Waals surface area (Å²) in [6.07, 6.45) is 2.82. The summed E-state index contributed by atoms with van der Waals surface area (Å²) in [5.41, 5.74) is 4.13. The standard InChI is InChI=1S/C19H26N2O2/c1-15-11-17(12-16(2)19(15)22)13-21(9-6-10-23-3)14-18-7-4-5-8-20-18/h4-5,7-8,11-12,22H,6,9-10,13-14H2,1-3H3. The molecule has 0 atom stereocenters. The first-order valence-electron chi connectivity index (χ1n) is 8.00. The lowest BCUT2D eigenvalue weighted by Gasteiger charge is -2.22. The molecule has 2 aromatic rings. The molecule has 4 heteroatoms. The van der Waals surface area contributed by atoms with Crippen LogP contribution in [0.3, 0.4) is 0 Å². The van der Waals surface area contributed by atoms with Crippen LogP contribution < -0.4 is 0 Å². The summed E-state index contributed by atoms with van der Waals surface area (Å²) in [6.45, 7) is 7.24. The van der Waals surface area contributed by atoms with Crippen molar-refractivity contribution < 1.29 is 9.84 Å². The maximum absolute atomic E-state index is 9.93. The molecule has 0 fully saturated rings. The van der Waals surface area contributed by atoms with Crippen molar-refractivity contribution in [3.8, 4) is 5.75 Å². The monoisotopic (exact) mass is 314 g/mol. The number of hydrogen-bond donors (Lipinski definition) is 1. The minimum Gasteiger partial charge on any atom is -0.507 e. The van der Waals surface area contributed by atoms with Crippen molar-refractivity contribution in [2.45, 2.75) is 33.4 Å². The first kappa shape index (κ1) is 17.4. The van der Waals surface area contributed by atoms with Gasteiger partial charge in [-0.3, -0.25) is 9.88 Å². The Balaban J connectivity index is 2.10. The predicted octanol–water partition coefficient (Wildman–Crippen LogP) is 3.44. The van der Waals surface area contributed by atoms with Gasteiger partial charge >= 0.3 is 0 Å². The fourth-order valence-corrected chi connectivity index (χ4v) is 2.76. The van der Waals surface area contributed by atoms with Gasteiger partial charge in [0.1, 0.15) is 5.75 Å². The lowest BCUT2D eigenvalue weighted by Crippen LogP contribution is -2.25. The Bertz CT molecular complexity index is 591. The molecule has 1 aromatic heterocycles. The van der Waals surface area contributed by atoms with Gasteiger partial charge in [-0.1, -0.05) is 18.2 Å². The maximum atomic E-state index is 9.93. The lowest BCUT2D eigenvalue weighted by atomic mass is 10.1. The molecule has 0 amide bonds. The van der Waals surface area contributed by atoms with Gasteiger partial charge in [-0.05, 0) is 49.1 Å². The zero-order chi connectivity index (χ0) is 16.7. The first-order chi connectivity index (χ1) is 11.1. The van der Waals surface area contributed by atoms with Crippen molar-refractivity contribution in [3.63, 3.8) is 0 Å². The van der Waals surface area contributed by atoms with Gasteiger partial charge in [0, 0.05) is 39.5 Å². The Morgan fingerprint density at radius 2 is 1.87 bits per heavy atom. The van der Waals surface area contributed by atoms with Crippen molar-refractivity contribution in [2.75, 3.05) is 20.3 Å². The average molecular weight is 314 g/mol. The number of rotatable bonds is 8. The number of aromatic nitrogens is 1. The van der Waals surface area contributed by atoms with Crippen LogP contribution in [-0.4, -0.2) is 35.3 Å². The smallest absolute Gasteiger partial charge is 0.121 e. The van der Waals surface area contributed by atoms with Gasteiger partial charge < -0.3 is 9.84 Å². The molecule has 0 aliphatic carbocycles. The third-order valence-corrected chi connectivity index (χ3v) is 3.89. The molecule has 1 aromatic carbocycles. The lowest BCUT2D eigenvalue weighted by molar-refractivity contribution is 0.166. The summed E-state index contributed by atoms with van der Waals surface area (Å²) in [5, 5.41) is 9.93. The molecule has 0 aliphatic heterocycles. The highest BCUT2D eigenvalue weighted by molar-refractivity contribution is 5.42. The molecule has 124 valence electrons. The van der Waals surface area contributed by atoms with E-state index in [9.17, 15) is 5.11 Å². The topological polar surface area (TPSA) is 45.6 Å².